The van der Waals surface area contributed by atoms with E-state index in [-0.39, 0.29) is 5.78 Å². The number of rotatable bonds is 5. The minimum Gasteiger partial charge on any atom is -0.388 e. The van der Waals surface area contributed by atoms with E-state index < -0.39 is 0 Å². The monoisotopic (exact) mass is 244 g/mol. The maximum absolute atomic E-state index is 12.1. The second-order valence-electron chi connectivity index (χ2n) is 4.10. The molecule has 2 aromatic rings. The number of aryl methyl sites for hydroxylation is 2. The molecular formula is C13H16N4O. The van der Waals surface area contributed by atoms with Crippen LogP contribution in [0.3, 0.4) is 0 Å². The van der Waals surface area contributed by atoms with Crippen molar-refractivity contribution in [2.75, 3.05) is 12.4 Å². The first-order valence-corrected chi connectivity index (χ1v) is 5.86. The Labute approximate surface area is 106 Å². The Kier molecular flexibility index (Phi) is 3.72. The average Bonchev–Trinajstić information content (AvgIpc) is 2.81. The number of anilines is 1. The van der Waals surface area contributed by atoms with Crippen LogP contribution in [-0.2, 0) is 13.5 Å². The minimum atomic E-state index is 0.116. The van der Waals surface area contributed by atoms with Crippen LogP contribution in [-0.4, -0.2) is 27.8 Å². The lowest BCUT2D eigenvalue weighted by Gasteiger charge is -2.06. The number of carbonyl (C=O) groups is 1. The third kappa shape index (κ3) is 2.74. The number of carbonyl (C=O) groups excluding carboxylic acids is 1. The Morgan fingerprint density at radius 3 is 2.83 bits per heavy atom. The SMILES string of the molecule is CNc1ccccc1C(=O)CCc1cn(C)nn1. The van der Waals surface area contributed by atoms with Gasteiger partial charge in [-0.25, -0.2) is 0 Å². The van der Waals surface area contributed by atoms with E-state index in [0.29, 0.717) is 12.8 Å². The number of nitrogens with zero attached hydrogens (tertiary/aromatic N) is 3. The molecule has 1 heterocycles. The molecule has 0 amide bonds. The lowest BCUT2D eigenvalue weighted by Crippen LogP contribution is -2.05. The molecule has 1 aromatic carbocycles. The van der Waals surface area contributed by atoms with Crippen LogP contribution in [0.1, 0.15) is 22.5 Å². The Balaban J connectivity index is 2.03. The van der Waals surface area contributed by atoms with E-state index in [2.05, 4.69) is 15.6 Å². The van der Waals surface area contributed by atoms with Crippen LogP contribution >= 0.6 is 0 Å². The first kappa shape index (κ1) is 12.3. The highest BCUT2D eigenvalue weighted by Crippen LogP contribution is 2.16. The Bertz CT molecular complexity index is 547. The summed E-state index contributed by atoms with van der Waals surface area (Å²) in [6.07, 6.45) is 2.89. The van der Waals surface area contributed by atoms with E-state index in [1.165, 1.54) is 0 Å². The summed E-state index contributed by atoms with van der Waals surface area (Å²) in [7, 11) is 3.63. The molecule has 0 bridgehead atoms. The van der Waals surface area contributed by atoms with Crippen LogP contribution in [0.25, 0.3) is 0 Å². The van der Waals surface area contributed by atoms with Crippen molar-refractivity contribution in [1.29, 1.82) is 0 Å². The third-order valence-electron chi connectivity index (χ3n) is 2.76. The molecule has 0 spiro atoms. The van der Waals surface area contributed by atoms with E-state index in [0.717, 1.165) is 16.9 Å². The van der Waals surface area contributed by atoms with Crippen molar-refractivity contribution in [1.82, 2.24) is 15.0 Å². The first-order chi connectivity index (χ1) is 8.70. The summed E-state index contributed by atoms with van der Waals surface area (Å²) in [6.45, 7) is 0. The zero-order valence-electron chi connectivity index (χ0n) is 10.6. The molecule has 0 radical (unpaired) electrons. The maximum atomic E-state index is 12.1. The average molecular weight is 244 g/mol. The molecule has 5 heteroatoms. The molecule has 0 saturated carbocycles. The van der Waals surface area contributed by atoms with Gasteiger partial charge in [0, 0.05) is 44.4 Å². The van der Waals surface area contributed by atoms with Gasteiger partial charge in [0.15, 0.2) is 5.78 Å². The minimum absolute atomic E-state index is 0.116. The predicted molar refractivity (Wildman–Crippen MR) is 69.6 cm³/mol. The van der Waals surface area contributed by atoms with E-state index >= 15 is 0 Å². The number of hydrogen-bond acceptors (Lipinski definition) is 4. The van der Waals surface area contributed by atoms with Gasteiger partial charge in [-0.05, 0) is 12.1 Å². The van der Waals surface area contributed by atoms with E-state index in [1.807, 2.05) is 44.6 Å². The van der Waals surface area contributed by atoms with Gasteiger partial charge in [0.25, 0.3) is 0 Å². The van der Waals surface area contributed by atoms with Crippen molar-refractivity contribution in [2.45, 2.75) is 12.8 Å². The summed E-state index contributed by atoms with van der Waals surface area (Å²) >= 11 is 0. The number of ketones is 1. The highest BCUT2D eigenvalue weighted by atomic mass is 16.1. The lowest BCUT2D eigenvalue weighted by atomic mass is 10.0. The van der Waals surface area contributed by atoms with Gasteiger partial charge in [-0.15, -0.1) is 5.10 Å². The summed E-state index contributed by atoms with van der Waals surface area (Å²) in [4.78, 5) is 12.1. The molecule has 0 saturated heterocycles. The molecular weight excluding hydrogens is 228 g/mol. The van der Waals surface area contributed by atoms with Gasteiger partial charge in [0.2, 0.25) is 0 Å². The van der Waals surface area contributed by atoms with Crippen LogP contribution in [0.4, 0.5) is 5.69 Å². The standard InChI is InChI=1S/C13H16N4O/c1-14-12-6-4-3-5-11(12)13(18)8-7-10-9-17(2)16-15-10/h3-6,9,14H,7-8H2,1-2H3. The molecule has 0 aliphatic heterocycles. The molecule has 1 aromatic heterocycles. The number of Topliss-reactive ketones (excluding diaryl/α,β-unsaturated/α-hetero) is 1. The summed E-state index contributed by atoms with van der Waals surface area (Å²) in [5.74, 6) is 0.116. The van der Waals surface area contributed by atoms with Crippen molar-refractivity contribution >= 4 is 11.5 Å². The van der Waals surface area contributed by atoms with E-state index in [4.69, 9.17) is 0 Å². The van der Waals surface area contributed by atoms with Gasteiger partial charge in [0.1, 0.15) is 0 Å². The fourth-order valence-electron chi connectivity index (χ4n) is 1.83. The molecule has 18 heavy (non-hydrogen) atoms. The summed E-state index contributed by atoms with van der Waals surface area (Å²) in [5.41, 5.74) is 2.43. The van der Waals surface area contributed by atoms with E-state index in [9.17, 15) is 4.79 Å². The third-order valence-corrected chi connectivity index (χ3v) is 2.76. The van der Waals surface area contributed by atoms with Gasteiger partial charge in [-0.1, -0.05) is 17.3 Å². The molecule has 0 aliphatic carbocycles. The molecule has 94 valence electrons. The summed E-state index contributed by atoms with van der Waals surface area (Å²) in [6, 6.07) is 7.52. The summed E-state index contributed by atoms with van der Waals surface area (Å²) < 4.78 is 1.64. The van der Waals surface area contributed by atoms with Gasteiger partial charge >= 0.3 is 0 Å². The van der Waals surface area contributed by atoms with Crippen LogP contribution < -0.4 is 5.32 Å². The normalized spacial score (nSPS) is 10.3. The highest BCUT2D eigenvalue weighted by molar-refractivity contribution is 6.01. The maximum Gasteiger partial charge on any atom is 0.165 e. The molecule has 1 N–H and O–H groups in total. The zero-order valence-corrected chi connectivity index (χ0v) is 10.6. The van der Waals surface area contributed by atoms with Crippen molar-refractivity contribution < 1.29 is 4.79 Å². The molecule has 0 aliphatic rings. The van der Waals surface area contributed by atoms with Gasteiger partial charge in [-0.3, -0.25) is 9.48 Å². The van der Waals surface area contributed by atoms with Gasteiger partial charge in [-0.2, -0.15) is 0 Å². The quantitative estimate of drug-likeness (QED) is 0.813. The molecule has 2 rings (SSSR count). The van der Waals surface area contributed by atoms with Crippen LogP contribution in [0.15, 0.2) is 30.5 Å². The highest BCUT2D eigenvalue weighted by Gasteiger charge is 2.11. The predicted octanol–water partition coefficient (Wildman–Crippen LogP) is 1.67. The summed E-state index contributed by atoms with van der Waals surface area (Å²) in [5, 5.41) is 10.8. The molecule has 0 atom stereocenters. The molecule has 0 fully saturated rings. The number of aromatic nitrogens is 3. The first-order valence-electron chi connectivity index (χ1n) is 5.86. The van der Waals surface area contributed by atoms with Crippen LogP contribution in [0.2, 0.25) is 0 Å². The van der Waals surface area contributed by atoms with Crippen molar-refractivity contribution in [3.8, 4) is 0 Å². The second kappa shape index (κ2) is 5.44. The molecule has 0 unspecified atom stereocenters. The van der Waals surface area contributed by atoms with Crippen molar-refractivity contribution in [2.24, 2.45) is 7.05 Å². The lowest BCUT2D eigenvalue weighted by molar-refractivity contribution is 0.0983. The Hall–Kier alpha value is -2.17. The fraction of sp³-hybridized carbons (Fsp3) is 0.308. The number of hydrogen-bond donors (Lipinski definition) is 1. The van der Waals surface area contributed by atoms with E-state index in [1.54, 1.807) is 4.68 Å². The van der Waals surface area contributed by atoms with Crippen LogP contribution in [0, 0.1) is 0 Å². The smallest absolute Gasteiger partial charge is 0.165 e. The zero-order chi connectivity index (χ0) is 13.0. The molecule has 5 nitrogen and oxygen atoms in total. The topological polar surface area (TPSA) is 59.8 Å². The largest absolute Gasteiger partial charge is 0.388 e. The Morgan fingerprint density at radius 2 is 2.17 bits per heavy atom. The number of benzene rings is 1. The van der Waals surface area contributed by atoms with Gasteiger partial charge in [0.05, 0.1) is 5.69 Å². The number of nitrogens with one attached hydrogen (secondary N) is 1. The van der Waals surface area contributed by atoms with Crippen molar-refractivity contribution in [3.05, 3.63) is 41.7 Å². The number of para-hydroxylation sites is 1. The Morgan fingerprint density at radius 1 is 1.39 bits per heavy atom. The fourth-order valence-corrected chi connectivity index (χ4v) is 1.83. The van der Waals surface area contributed by atoms with Gasteiger partial charge < -0.3 is 5.32 Å². The second-order valence-corrected chi connectivity index (χ2v) is 4.10. The van der Waals surface area contributed by atoms with Crippen LogP contribution in [0.5, 0.6) is 0 Å². The van der Waals surface area contributed by atoms with Crippen molar-refractivity contribution in [3.63, 3.8) is 0 Å².